The predicted molar refractivity (Wildman–Crippen MR) is 78.8 cm³/mol. The summed E-state index contributed by atoms with van der Waals surface area (Å²) in [5.41, 5.74) is 1.09. The molecule has 0 aromatic carbocycles. The van der Waals surface area contributed by atoms with E-state index in [4.69, 9.17) is 11.6 Å². The van der Waals surface area contributed by atoms with Crippen LogP contribution < -0.4 is 5.32 Å². The summed E-state index contributed by atoms with van der Waals surface area (Å²) in [5.74, 6) is 0. The quantitative estimate of drug-likeness (QED) is 0.929. The molecule has 6 heteroatoms. The molecule has 0 spiro atoms. The summed E-state index contributed by atoms with van der Waals surface area (Å²) in [5, 5.41) is 5.54. The molecule has 0 saturated carbocycles. The number of nitrogens with one attached hydrogen (secondary N) is 1. The number of aromatic nitrogens is 2. The van der Waals surface area contributed by atoms with Crippen LogP contribution in [0.2, 0.25) is 4.34 Å². The van der Waals surface area contributed by atoms with Crippen molar-refractivity contribution >= 4 is 34.3 Å². The first-order valence-electron chi connectivity index (χ1n) is 5.78. The second-order valence-electron chi connectivity index (χ2n) is 4.45. The van der Waals surface area contributed by atoms with Gasteiger partial charge in [0, 0.05) is 10.9 Å². The van der Waals surface area contributed by atoms with Gasteiger partial charge in [-0.3, -0.25) is 0 Å². The first-order valence-corrected chi connectivity index (χ1v) is 7.79. The van der Waals surface area contributed by atoms with Crippen LogP contribution in [0, 0.1) is 13.8 Å². The fourth-order valence-corrected chi connectivity index (χ4v) is 3.66. The molecule has 98 valence electrons. The molecule has 3 nitrogen and oxygen atoms in total. The molecule has 2 aromatic heterocycles. The summed E-state index contributed by atoms with van der Waals surface area (Å²) in [6, 6.07) is 0.405. The predicted octanol–water partition coefficient (Wildman–Crippen LogP) is 3.96. The van der Waals surface area contributed by atoms with Crippen molar-refractivity contribution in [2.45, 2.75) is 39.8 Å². The average Bonchev–Trinajstić information content (AvgIpc) is 2.83. The molecule has 0 aliphatic carbocycles. The highest BCUT2D eigenvalue weighted by molar-refractivity contribution is 7.16. The van der Waals surface area contributed by atoms with Crippen LogP contribution in [0.5, 0.6) is 0 Å². The van der Waals surface area contributed by atoms with Crippen LogP contribution in [-0.4, -0.2) is 16.0 Å². The van der Waals surface area contributed by atoms with E-state index < -0.39 is 0 Å². The van der Waals surface area contributed by atoms with E-state index in [1.165, 1.54) is 16.2 Å². The minimum Gasteiger partial charge on any atom is -0.300 e. The third-order valence-electron chi connectivity index (χ3n) is 2.53. The molecule has 0 radical (unpaired) electrons. The van der Waals surface area contributed by atoms with Gasteiger partial charge in [0.1, 0.15) is 20.4 Å². The van der Waals surface area contributed by atoms with E-state index >= 15 is 0 Å². The second kappa shape index (κ2) is 5.65. The lowest BCUT2D eigenvalue weighted by Gasteiger charge is -2.16. The normalized spacial score (nSPS) is 13.2. The zero-order valence-electron chi connectivity index (χ0n) is 10.8. The molecule has 0 bridgehead atoms. The lowest BCUT2D eigenvalue weighted by Crippen LogP contribution is -2.28. The maximum absolute atomic E-state index is 5.98. The first-order chi connectivity index (χ1) is 8.47. The van der Waals surface area contributed by atoms with Gasteiger partial charge in [0.25, 0.3) is 0 Å². The van der Waals surface area contributed by atoms with Crippen LogP contribution in [-0.2, 0) is 0 Å². The largest absolute Gasteiger partial charge is 0.300 e. The van der Waals surface area contributed by atoms with Crippen LogP contribution in [0.1, 0.15) is 40.5 Å². The van der Waals surface area contributed by atoms with E-state index in [0.29, 0.717) is 10.4 Å². The third-order valence-corrected chi connectivity index (χ3v) is 4.85. The number of halogens is 1. The Labute approximate surface area is 120 Å². The van der Waals surface area contributed by atoms with Gasteiger partial charge in [0.05, 0.1) is 11.9 Å². The molecule has 0 amide bonds. The van der Waals surface area contributed by atoms with Crippen molar-refractivity contribution in [3.63, 3.8) is 0 Å². The molecule has 2 heterocycles. The molecular weight excluding hydrogens is 286 g/mol. The van der Waals surface area contributed by atoms with E-state index in [9.17, 15) is 0 Å². The highest BCUT2D eigenvalue weighted by Gasteiger charge is 2.22. The van der Waals surface area contributed by atoms with Gasteiger partial charge in [-0.05, 0) is 27.7 Å². The standard InChI is InChI=1S/C12H16ClN3S2/c1-6(2)15-10(11-14-5-9(13)18-11)12-16-7(3)8(4)17-12/h5-6,10,15H,1-4H3. The lowest BCUT2D eigenvalue weighted by molar-refractivity contribution is 0.525. The number of thiazole rings is 2. The number of nitrogens with zero attached hydrogens (tertiary/aromatic N) is 2. The van der Waals surface area contributed by atoms with Gasteiger partial charge in [-0.2, -0.15) is 0 Å². The zero-order chi connectivity index (χ0) is 13.3. The Morgan fingerprint density at radius 2 is 1.94 bits per heavy atom. The van der Waals surface area contributed by atoms with Crippen molar-refractivity contribution in [2.75, 3.05) is 0 Å². The number of rotatable bonds is 4. The molecule has 0 fully saturated rings. The first kappa shape index (κ1) is 13.9. The molecule has 0 aliphatic heterocycles. The molecule has 1 atom stereocenters. The molecule has 18 heavy (non-hydrogen) atoms. The summed E-state index contributed by atoms with van der Waals surface area (Å²) in [6.45, 7) is 8.37. The van der Waals surface area contributed by atoms with Crippen LogP contribution in [0.3, 0.4) is 0 Å². The Morgan fingerprint density at radius 1 is 1.22 bits per heavy atom. The van der Waals surface area contributed by atoms with Crippen molar-refractivity contribution in [3.05, 3.63) is 31.1 Å². The minimum absolute atomic E-state index is 0.0416. The molecular formula is C12H16ClN3S2. The van der Waals surface area contributed by atoms with Crippen molar-refractivity contribution in [1.29, 1.82) is 0 Å². The minimum atomic E-state index is 0.0416. The number of aryl methyl sites for hydroxylation is 2. The van der Waals surface area contributed by atoms with E-state index in [1.807, 2.05) is 6.92 Å². The molecule has 2 rings (SSSR count). The zero-order valence-corrected chi connectivity index (χ0v) is 13.2. The fraction of sp³-hybridized carbons (Fsp3) is 0.500. The van der Waals surface area contributed by atoms with Gasteiger partial charge in [-0.1, -0.05) is 11.6 Å². The van der Waals surface area contributed by atoms with Crippen LogP contribution in [0.25, 0.3) is 0 Å². The lowest BCUT2D eigenvalue weighted by atomic mass is 10.2. The Morgan fingerprint density at radius 3 is 2.39 bits per heavy atom. The van der Waals surface area contributed by atoms with E-state index in [0.717, 1.165) is 15.7 Å². The molecule has 1 N–H and O–H groups in total. The van der Waals surface area contributed by atoms with Crippen LogP contribution >= 0.6 is 34.3 Å². The molecule has 0 saturated heterocycles. The Bertz CT molecular complexity index is 514. The van der Waals surface area contributed by atoms with Gasteiger partial charge in [0.2, 0.25) is 0 Å². The maximum atomic E-state index is 5.98. The second-order valence-corrected chi connectivity index (χ2v) is 7.38. The smallest absolute Gasteiger partial charge is 0.118 e. The van der Waals surface area contributed by atoms with E-state index in [-0.39, 0.29) is 6.04 Å². The highest BCUT2D eigenvalue weighted by atomic mass is 35.5. The van der Waals surface area contributed by atoms with Crippen LogP contribution in [0.4, 0.5) is 0 Å². The van der Waals surface area contributed by atoms with E-state index in [1.54, 1.807) is 17.5 Å². The third kappa shape index (κ3) is 3.09. The SMILES string of the molecule is Cc1nc(C(NC(C)C)c2ncc(Cl)s2)sc1C. The van der Waals surface area contributed by atoms with Crippen molar-refractivity contribution in [1.82, 2.24) is 15.3 Å². The van der Waals surface area contributed by atoms with Gasteiger partial charge in [0.15, 0.2) is 0 Å². The van der Waals surface area contributed by atoms with Gasteiger partial charge >= 0.3 is 0 Å². The highest BCUT2D eigenvalue weighted by Crippen LogP contribution is 2.32. The average molecular weight is 302 g/mol. The van der Waals surface area contributed by atoms with E-state index in [2.05, 4.69) is 36.1 Å². The van der Waals surface area contributed by atoms with Gasteiger partial charge < -0.3 is 5.32 Å². The summed E-state index contributed by atoms with van der Waals surface area (Å²) in [6.07, 6.45) is 1.70. The summed E-state index contributed by atoms with van der Waals surface area (Å²) in [4.78, 5) is 10.3. The summed E-state index contributed by atoms with van der Waals surface area (Å²) in [7, 11) is 0. The fourth-order valence-electron chi connectivity index (χ4n) is 1.60. The topological polar surface area (TPSA) is 37.8 Å². The maximum Gasteiger partial charge on any atom is 0.118 e. The Hall–Kier alpha value is -0.490. The van der Waals surface area contributed by atoms with Crippen molar-refractivity contribution in [3.8, 4) is 0 Å². The molecule has 0 aliphatic rings. The molecule has 2 aromatic rings. The van der Waals surface area contributed by atoms with Gasteiger partial charge in [-0.15, -0.1) is 22.7 Å². The van der Waals surface area contributed by atoms with Gasteiger partial charge in [-0.25, -0.2) is 9.97 Å². The van der Waals surface area contributed by atoms with Crippen molar-refractivity contribution in [2.24, 2.45) is 0 Å². The Kier molecular flexibility index (Phi) is 4.37. The monoisotopic (exact) mass is 301 g/mol. The molecule has 1 unspecified atom stereocenters. The Balaban J connectivity index is 2.36. The number of hydrogen-bond acceptors (Lipinski definition) is 5. The van der Waals surface area contributed by atoms with Crippen molar-refractivity contribution < 1.29 is 0 Å². The summed E-state index contributed by atoms with van der Waals surface area (Å²) >= 11 is 9.20. The number of hydrogen-bond donors (Lipinski definition) is 1. The van der Waals surface area contributed by atoms with Crippen LogP contribution in [0.15, 0.2) is 6.20 Å². The summed E-state index contributed by atoms with van der Waals surface area (Å²) < 4.78 is 0.713.